The minimum Gasteiger partial charge on any atom is -0.312 e. The second-order valence-electron chi connectivity index (χ2n) is 3.28. The number of halogens is 1. The molecule has 0 aliphatic carbocycles. The average molecular weight is 210 g/mol. The van der Waals surface area contributed by atoms with E-state index in [2.05, 4.69) is 22.4 Å². The monoisotopic (exact) mass is 209 g/mol. The van der Waals surface area contributed by atoms with E-state index in [0.29, 0.717) is 5.02 Å². The van der Waals surface area contributed by atoms with Crippen LogP contribution in [0.5, 0.6) is 0 Å². The van der Waals surface area contributed by atoms with Gasteiger partial charge in [0, 0.05) is 11.4 Å². The highest BCUT2D eigenvalue weighted by atomic mass is 35.5. The molecule has 0 fully saturated rings. The molecule has 2 aromatic rings. The third-order valence-corrected chi connectivity index (χ3v) is 2.74. The molecule has 0 saturated heterocycles. The first-order valence-corrected chi connectivity index (χ1v) is 4.91. The molecule has 0 amide bonds. The van der Waals surface area contributed by atoms with Crippen molar-refractivity contribution in [3.05, 3.63) is 28.9 Å². The maximum atomic E-state index is 6.02. The van der Waals surface area contributed by atoms with Crippen molar-refractivity contribution in [2.75, 3.05) is 7.05 Å². The van der Waals surface area contributed by atoms with Gasteiger partial charge in [0.15, 0.2) is 0 Å². The van der Waals surface area contributed by atoms with Crippen LogP contribution in [0.1, 0.15) is 18.7 Å². The molecule has 1 heterocycles. The van der Waals surface area contributed by atoms with Crippen LogP contribution in [0, 0.1) is 0 Å². The van der Waals surface area contributed by atoms with Gasteiger partial charge in [-0.1, -0.05) is 23.7 Å². The Kier molecular flexibility index (Phi) is 2.44. The van der Waals surface area contributed by atoms with Crippen molar-refractivity contribution in [1.82, 2.24) is 15.5 Å². The van der Waals surface area contributed by atoms with Crippen LogP contribution >= 0.6 is 11.6 Å². The molecule has 74 valence electrons. The zero-order valence-electron chi connectivity index (χ0n) is 8.13. The fourth-order valence-electron chi connectivity index (χ4n) is 1.50. The summed E-state index contributed by atoms with van der Waals surface area (Å²) >= 11 is 6.02. The maximum absolute atomic E-state index is 6.02. The number of aromatic amines is 1. The highest BCUT2D eigenvalue weighted by molar-refractivity contribution is 6.35. The first-order valence-electron chi connectivity index (χ1n) is 4.53. The van der Waals surface area contributed by atoms with E-state index in [1.165, 1.54) is 0 Å². The first kappa shape index (κ1) is 9.49. The lowest BCUT2D eigenvalue weighted by Gasteiger charge is -2.07. The Morgan fingerprint density at radius 3 is 3.00 bits per heavy atom. The van der Waals surface area contributed by atoms with E-state index in [-0.39, 0.29) is 6.04 Å². The molecule has 0 radical (unpaired) electrons. The fraction of sp³-hybridized carbons (Fsp3) is 0.300. The zero-order chi connectivity index (χ0) is 10.1. The number of aromatic nitrogens is 2. The van der Waals surface area contributed by atoms with Crippen molar-refractivity contribution in [1.29, 1.82) is 0 Å². The molecule has 0 spiro atoms. The van der Waals surface area contributed by atoms with E-state index in [4.69, 9.17) is 11.6 Å². The van der Waals surface area contributed by atoms with Gasteiger partial charge in [0.25, 0.3) is 0 Å². The Labute approximate surface area is 87.5 Å². The van der Waals surface area contributed by atoms with E-state index < -0.39 is 0 Å². The van der Waals surface area contributed by atoms with Crippen LogP contribution in [0.4, 0.5) is 0 Å². The summed E-state index contributed by atoms with van der Waals surface area (Å²) in [5.74, 6) is 0. The zero-order valence-corrected chi connectivity index (χ0v) is 8.89. The molecular weight excluding hydrogens is 198 g/mol. The van der Waals surface area contributed by atoms with E-state index in [9.17, 15) is 0 Å². The predicted molar refractivity (Wildman–Crippen MR) is 58.6 cm³/mol. The van der Waals surface area contributed by atoms with Gasteiger partial charge >= 0.3 is 0 Å². The van der Waals surface area contributed by atoms with Crippen LogP contribution in [0.25, 0.3) is 10.9 Å². The quantitative estimate of drug-likeness (QED) is 0.798. The van der Waals surface area contributed by atoms with Gasteiger partial charge in [-0.15, -0.1) is 0 Å². The van der Waals surface area contributed by atoms with E-state index in [1.54, 1.807) is 0 Å². The van der Waals surface area contributed by atoms with Crippen molar-refractivity contribution >= 4 is 22.5 Å². The average Bonchev–Trinajstić information content (AvgIpc) is 2.62. The van der Waals surface area contributed by atoms with Crippen LogP contribution in [0.15, 0.2) is 18.2 Å². The van der Waals surface area contributed by atoms with Crippen molar-refractivity contribution in [2.45, 2.75) is 13.0 Å². The van der Waals surface area contributed by atoms with Crippen LogP contribution in [-0.2, 0) is 0 Å². The van der Waals surface area contributed by atoms with Crippen LogP contribution < -0.4 is 5.32 Å². The van der Waals surface area contributed by atoms with Crippen molar-refractivity contribution in [2.24, 2.45) is 0 Å². The third kappa shape index (κ3) is 1.38. The van der Waals surface area contributed by atoms with Crippen molar-refractivity contribution < 1.29 is 0 Å². The number of hydrogen-bond donors (Lipinski definition) is 2. The van der Waals surface area contributed by atoms with Gasteiger partial charge in [0.05, 0.1) is 10.7 Å². The maximum Gasteiger partial charge on any atom is 0.111 e. The molecule has 0 aliphatic rings. The van der Waals surface area contributed by atoms with E-state index in [0.717, 1.165) is 16.6 Å². The summed E-state index contributed by atoms with van der Waals surface area (Å²) < 4.78 is 0. The van der Waals surface area contributed by atoms with Crippen molar-refractivity contribution in [3.63, 3.8) is 0 Å². The van der Waals surface area contributed by atoms with E-state index in [1.807, 2.05) is 25.2 Å². The number of nitrogens with one attached hydrogen (secondary N) is 2. The van der Waals surface area contributed by atoms with Gasteiger partial charge in [-0.3, -0.25) is 5.10 Å². The minimum atomic E-state index is 0.249. The first-order chi connectivity index (χ1) is 6.74. The Morgan fingerprint density at radius 1 is 1.50 bits per heavy atom. The van der Waals surface area contributed by atoms with Crippen molar-refractivity contribution in [3.8, 4) is 0 Å². The molecule has 2 N–H and O–H groups in total. The largest absolute Gasteiger partial charge is 0.312 e. The Balaban J connectivity index is 2.63. The van der Waals surface area contributed by atoms with Crippen LogP contribution in [-0.4, -0.2) is 17.2 Å². The van der Waals surface area contributed by atoms with Gasteiger partial charge in [-0.2, -0.15) is 5.10 Å². The highest BCUT2D eigenvalue weighted by Gasteiger charge is 2.11. The van der Waals surface area contributed by atoms with Gasteiger partial charge in [0.1, 0.15) is 5.52 Å². The molecule has 1 atom stereocenters. The molecular formula is C10H12ClN3. The number of fused-ring (bicyclic) bond motifs is 1. The van der Waals surface area contributed by atoms with Crippen LogP contribution in [0.3, 0.4) is 0 Å². The molecule has 0 saturated carbocycles. The number of rotatable bonds is 2. The molecule has 3 nitrogen and oxygen atoms in total. The summed E-state index contributed by atoms with van der Waals surface area (Å²) in [6.45, 7) is 2.08. The standard InChI is InChI=1S/C10H12ClN3/c1-6(12-2)9-7-4-3-5-8(11)10(7)14-13-9/h3-6,12H,1-2H3,(H,13,14). The summed E-state index contributed by atoms with van der Waals surface area (Å²) in [6.07, 6.45) is 0. The Hall–Kier alpha value is -1.06. The summed E-state index contributed by atoms with van der Waals surface area (Å²) in [4.78, 5) is 0. The molecule has 0 aliphatic heterocycles. The molecule has 0 bridgehead atoms. The molecule has 14 heavy (non-hydrogen) atoms. The fourth-order valence-corrected chi connectivity index (χ4v) is 1.71. The van der Waals surface area contributed by atoms with Gasteiger partial charge in [-0.25, -0.2) is 0 Å². The lowest BCUT2D eigenvalue weighted by atomic mass is 10.1. The smallest absolute Gasteiger partial charge is 0.111 e. The van der Waals surface area contributed by atoms with E-state index >= 15 is 0 Å². The Bertz CT molecular complexity index is 450. The van der Waals surface area contributed by atoms with Gasteiger partial charge in [-0.05, 0) is 20.0 Å². The molecule has 2 rings (SSSR count). The van der Waals surface area contributed by atoms with Crippen LogP contribution in [0.2, 0.25) is 5.02 Å². The summed E-state index contributed by atoms with van der Waals surface area (Å²) in [5.41, 5.74) is 1.91. The lowest BCUT2D eigenvalue weighted by Crippen LogP contribution is -2.12. The van der Waals surface area contributed by atoms with Gasteiger partial charge in [0.2, 0.25) is 0 Å². The summed E-state index contributed by atoms with van der Waals surface area (Å²) in [7, 11) is 1.92. The number of nitrogens with zero attached hydrogens (tertiary/aromatic N) is 1. The molecule has 1 aromatic carbocycles. The second kappa shape index (κ2) is 3.59. The Morgan fingerprint density at radius 2 is 2.29 bits per heavy atom. The third-order valence-electron chi connectivity index (χ3n) is 2.43. The normalized spacial score (nSPS) is 13.4. The molecule has 1 aromatic heterocycles. The predicted octanol–water partition coefficient (Wildman–Crippen LogP) is 2.50. The molecule has 4 heteroatoms. The molecule has 1 unspecified atom stereocenters. The number of para-hydroxylation sites is 1. The van der Waals surface area contributed by atoms with Gasteiger partial charge < -0.3 is 5.32 Å². The second-order valence-corrected chi connectivity index (χ2v) is 3.69. The number of hydrogen-bond acceptors (Lipinski definition) is 2. The summed E-state index contributed by atoms with van der Waals surface area (Å²) in [6, 6.07) is 6.05. The highest BCUT2D eigenvalue weighted by Crippen LogP contribution is 2.26. The number of H-pyrrole nitrogens is 1. The minimum absolute atomic E-state index is 0.249. The SMILES string of the molecule is CNC(C)c1[nH]nc2c(Cl)cccc12. The lowest BCUT2D eigenvalue weighted by molar-refractivity contribution is 0.634. The topological polar surface area (TPSA) is 40.7 Å². The summed E-state index contributed by atoms with van der Waals surface area (Å²) in [5, 5.41) is 12.1. The number of benzene rings is 1.